The Morgan fingerprint density at radius 2 is 2.05 bits per heavy atom. The van der Waals surface area contributed by atoms with E-state index >= 15 is 0 Å². The number of nitrogens with two attached hydrogens (primary N) is 1. The SMILES string of the molecule is CCNC(=O)CCNS(=O)(=O)c1ccc(C(N)=S)cc1C. The molecule has 1 aromatic rings. The van der Waals surface area contributed by atoms with Crippen LogP contribution in [0.25, 0.3) is 0 Å². The largest absolute Gasteiger partial charge is 0.389 e. The molecule has 0 heterocycles. The normalized spacial score (nSPS) is 11.1. The van der Waals surface area contributed by atoms with Crippen molar-refractivity contribution in [1.82, 2.24) is 10.0 Å². The molecule has 0 fully saturated rings. The molecule has 0 saturated heterocycles. The highest BCUT2D eigenvalue weighted by molar-refractivity contribution is 7.89. The summed E-state index contributed by atoms with van der Waals surface area (Å²) >= 11 is 4.85. The van der Waals surface area contributed by atoms with Crippen LogP contribution in [-0.2, 0) is 14.8 Å². The summed E-state index contributed by atoms with van der Waals surface area (Å²) in [7, 11) is -3.66. The molecule has 1 aromatic carbocycles. The summed E-state index contributed by atoms with van der Waals surface area (Å²) in [6.45, 7) is 4.03. The van der Waals surface area contributed by atoms with Crippen LogP contribution in [0.15, 0.2) is 23.1 Å². The van der Waals surface area contributed by atoms with Crippen molar-refractivity contribution >= 4 is 33.1 Å². The Labute approximate surface area is 130 Å². The number of sulfonamides is 1. The van der Waals surface area contributed by atoms with Gasteiger partial charge in [-0.1, -0.05) is 18.3 Å². The summed E-state index contributed by atoms with van der Waals surface area (Å²) in [6, 6.07) is 4.65. The lowest BCUT2D eigenvalue weighted by atomic mass is 10.1. The molecule has 21 heavy (non-hydrogen) atoms. The van der Waals surface area contributed by atoms with Gasteiger partial charge >= 0.3 is 0 Å². The van der Waals surface area contributed by atoms with Gasteiger partial charge in [0.25, 0.3) is 0 Å². The molecule has 0 unspecified atom stereocenters. The van der Waals surface area contributed by atoms with Gasteiger partial charge in [0.05, 0.1) is 4.90 Å². The zero-order valence-corrected chi connectivity index (χ0v) is 13.6. The summed E-state index contributed by atoms with van der Waals surface area (Å²) in [5.74, 6) is -0.194. The molecule has 0 aliphatic heterocycles. The third-order valence-corrected chi connectivity index (χ3v) is 4.62. The Kier molecular flexibility index (Phi) is 6.25. The van der Waals surface area contributed by atoms with Crippen LogP contribution in [0.4, 0.5) is 0 Å². The summed E-state index contributed by atoms with van der Waals surface area (Å²) in [4.78, 5) is 11.6. The lowest BCUT2D eigenvalue weighted by Gasteiger charge is -2.10. The predicted molar refractivity (Wildman–Crippen MR) is 85.6 cm³/mol. The Balaban J connectivity index is 2.79. The monoisotopic (exact) mass is 329 g/mol. The quantitative estimate of drug-likeness (QED) is 0.630. The number of hydrogen-bond donors (Lipinski definition) is 3. The molecule has 0 aliphatic carbocycles. The number of nitrogens with one attached hydrogen (secondary N) is 2. The smallest absolute Gasteiger partial charge is 0.240 e. The molecule has 0 bridgehead atoms. The topological polar surface area (TPSA) is 101 Å². The number of benzene rings is 1. The number of carbonyl (C=O) groups excluding carboxylic acids is 1. The van der Waals surface area contributed by atoms with Crippen molar-refractivity contribution in [2.45, 2.75) is 25.2 Å². The Morgan fingerprint density at radius 3 is 2.57 bits per heavy atom. The van der Waals surface area contributed by atoms with Crippen molar-refractivity contribution in [1.29, 1.82) is 0 Å². The van der Waals surface area contributed by atoms with E-state index in [-0.39, 0.29) is 28.8 Å². The molecule has 116 valence electrons. The van der Waals surface area contributed by atoms with Crippen LogP contribution in [0.5, 0.6) is 0 Å². The third-order valence-electron chi connectivity index (χ3n) is 2.77. The average molecular weight is 329 g/mol. The number of thiocarbonyl (C=S) groups is 1. The van der Waals surface area contributed by atoms with Crippen molar-refractivity contribution in [3.63, 3.8) is 0 Å². The van der Waals surface area contributed by atoms with Crippen LogP contribution in [-0.4, -0.2) is 32.4 Å². The lowest BCUT2D eigenvalue weighted by Crippen LogP contribution is -2.31. The summed E-state index contributed by atoms with van der Waals surface area (Å²) in [5.41, 5.74) is 6.67. The van der Waals surface area contributed by atoms with Gasteiger partial charge in [-0.3, -0.25) is 4.79 Å². The lowest BCUT2D eigenvalue weighted by molar-refractivity contribution is -0.120. The number of carbonyl (C=O) groups is 1. The molecule has 1 rings (SSSR count). The maximum atomic E-state index is 12.2. The maximum absolute atomic E-state index is 12.2. The van der Waals surface area contributed by atoms with Crippen molar-refractivity contribution in [2.24, 2.45) is 5.73 Å². The van der Waals surface area contributed by atoms with Gasteiger partial charge in [-0.15, -0.1) is 0 Å². The van der Waals surface area contributed by atoms with Gasteiger partial charge in [0.2, 0.25) is 15.9 Å². The highest BCUT2D eigenvalue weighted by Gasteiger charge is 2.17. The molecule has 6 nitrogen and oxygen atoms in total. The van der Waals surface area contributed by atoms with Crippen LogP contribution in [0.2, 0.25) is 0 Å². The van der Waals surface area contributed by atoms with Crippen LogP contribution in [0.1, 0.15) is 24.5 Å². The Hall–Kier alpha value is -1.51. The van der Waals surface area contributed by atoms with Crippen molar-refractivity contribution in [3.05, 3.63) is 29.3 Å². The van der Waals surface area contributed by atoms with E-state index in [2.05, 4.69) is 10.0 Å². The Bertz CT molecular complexity index is 642. The van der Waals surface area contributed by atoms with E-state index in [1.807, 2.05) is 0 Å². The van der Waals surface area contributed by atoms with Crippen LogP contribution < -0.4 is 15.8 Å². The number of amides is 1. The van der Waals surface area contributed by atoms with Crippen molar-refractivity contribution < 1.29 is 13.2 Å². The molecular formula is C13H19N3O3S2. The molecular weight excluding hydrogens is 310 g/mol. The zero-order valence-electron chi connectivity index (χ0n) is 12.0. The third kappa shape index (κ3) is 5.07. The van der Waals surface area contributed by atoms with Crippen molar-refractivity contribution in [3.8, 4) is 0 Å². The van der Waals surface area contributed by atoms with Crippen LogP contribution >= 0.6 is 12.2 Å². The standard InChI is InChI=1S/C13H19N3O3S2/c1-3-15-12(17)6-7-16-21(18,19)11-5-4-10(13(14)20)8-9(11)2/h4-5,8,16H,3,6-7H2,1-2H3,(H2,14,20)(H,15,17). The van der Waals surface area contributed by atoms with Gasteiger partial charge < -0.3 is 11.1 Å². The first-order chi connectivity index (χ1) is 9.77. The minimum absolute atomic E-state index is 0.0463. The minimum atomic E-state index is -3.66. The molecule has 4 N–H and O–H groups in total. The maximum Gasteiger partial charge on any atom is 0.240 e. The van der Waals surface area contributed by atoms with E-state index in [4.69, 9.17) is 18.0 Å². The molecule has 8 heteroatoms. The molecule has 0 aliphatic rings. The summed E-state index contributed by atoms with van der Waals surface area (Å²) in [5, 5.41) is 2.60. The van der Waals surface area contributed by atoms with Gasteiger partial charge in [-0.25, -0.2) is 13.1 Å². The fraction of sp³-hybridized carbons (Fsp3) is 0.385. The first kappa shape index (κ1) is 17.5. The summed E-state index contributed by atoms with van der Waals surface area (Å²) < 4.78 is 26.7. The van der Waals surface area contributed by atoms with E-state index in [9.17, 15) is 13.2 Å². The average Bonchev–Trinajstić information content (AvgIpc) is 2.38. The van der Waals surface area contributed by atoms with Gasteiger partial charge in [0, 0.05) is 25.1 Å². The van der Waals surface area contributed by atoms with Crippen LogP contribution in [0, 0.1) is 6.92 Å². The van der Waals surface area contributed by atoms with E-state index in [1.54, 1.807) is 26.0 Å². The second-order valence-corrected chi connectivity index (χ2v) is 6.62. The van der Waals surface area contributed by atoms with Crippen LogP contribution in [0.3, 0.4) is 0 Å². The molecule has 0 spiro atoms. The number of rotatable bonds is 7. The first-order valence-electron chi connectivity index (χ1n) is 6.44. The predicted octanol–water partition coefficient (Wildman–Crippen LogP) is 0.434. The highest BCUT2D eigenvalue weighted by atomic mass is 32.2. The molecule has 0 saturated carbocycles. The summed E-state index contributed by atoms with van der Waals surface area (Å²) in [6.07, 6.45) is 0.0943. The van der Waals surface area contributed by atoms with E-state index in [1.165, 1.54) is 6.07 Å². The minimum Gasteiger partial charge on any atom is -0.389 e. The first-order valence-corrected chi connectivity index (χ1v) is 8.34. The second-order valence-electron chi connectivity index (χ2n) is 4.45. The molecule has 0 radical (unpaired) electrons. The van der Waals surface area contributed by atoms with E-state index in [0.29, 0.717) is 17.7 Å². The van der Waals surface area contributed by atoms with E-state index in [0.717, 1.165) is 0 Å². The van der Waals surface area contributed by atoms with Gasteiger partial charge in [0.15, 0.2) is 0 Å². The molecule has 0 atom stereocenters. The molecule has 0 aromatic heterocycles. The van der Waals surface area contributed by atoms with Crippen molar-refractivity contribution in [2.75, 3.05) is 13.1 Å². The van der Waals surface area contributed by atoms with E-state index < -0.39 is 10.0 Å². The number of aryl methyl sites for hydroxylation is 1. The van der Waals surface area contributed by atoms with Gasteiger partial charge in [0.1, 0.15) is 4.99 Å². The molecule has 1 amide bonds. The zero-order chi connectivity index (χ0) is 16.0. The van der Waals surface area contributed by atoms with Gasteiger partial charge in [-0.05, 0) is 31.5 Å². The fourth-order valence-corrected chi connectivity index (χ4v) is 3.15. The highest BCUT2D eigenvalue weighted by Crippen LogP contribution is 2.16. The number of hydrogen-bond acceptors (Lipinski definition) is 4. The Morgan fingerprint density at radius 1 is 1.38 bits per heavy atom. The second kappa shape index (κ2) is 7.48. The van der Waals surface area contributed by atoms with Gasteiger partial charge in [-0.2, -0.15) is 0 Å². The fourth-order valence-electron chi connectivity index (χ4n) is 1.77.